The molecule has 0 spiro atoms. The van der Waals surface area contributed by atoms with Crippen LogP contribution in [0.2, 0.25) is 0 Å². The van der Waals surface area contributed by atoms with Gasteiger partial charge < -0.3 is 4.52 Å². The number of nitrogens with zero attached hydrogens (tertiary/aromatic N) is 4. The molecule has 1 atom stereocenters. The molecule has 0 N–H and O–H groups in total. The molecule has 1 aliphatic rings. The van der Waals surface area contributed by atoms with Crippen molar-refractivity contribution in [2.75, 3.05) is 13.1 Å². The molecule has 2 rings (SSSR count). The zero-order valence-electron chi connectivity index (χ0n) is 9.68. The number of nitriles is 1. The van der Waals surface area contributed by atoms with Crippen molar-refractivity contribution in [3.8, 4) is 6.07 Å². The van der Waals surface area contributed by atoms with Crippen LogP contribution in [-0.4, -0.2) is 28.1 Å². The normalized spacial score (nSPS) is 21.5. The Morgan fingerprint density at radius 1 is 1.62 bits per heavy atom. The summed E-state index contributed by atoms with van der Waals surface area (Å²) < 4.78 is 5.19. The van der Waals surface area contributed by atoms with Crippen LogP contribution in [0.4, 0.5) is 0 Å². The fourth-order valence-corrected chi connectivity index (χ4v) is 2.02. The van der Waals surface area contributed by atoms with Crippen LogP contribution >= 0.6 is 0 Å². The minimum atomic E-state index is 0.163. The second-order valence-corrected chi connectivity index (χ2v) is 4.43. The molecule has 1 aromatic heterocycles. The summed E-state index contributed by atoms with van der Waals surface area (Å²) in [4.78, 5) is 6.50. The summed E-state index contributed by atoms with van der Waals surface area (Å²) in [6, 6.07) is 2.34. The number of rotatable bonds is 3. The highest BCUT2D eigenvalue weighted by Gasteiger charge is 2.29. The summed E-state index contributed by atoms with van der Waals surface area (Å²) >= 11 is 0. The van der Waals surface area contributed by atoms with Gasteiger partial charge in [-0.2, -0.15) is 10.2 Å². The molecule has 0 aliphatic carbocycles. The second kappa shape index (κ2) is 4.62. The zero-order chi connectivity index (χ0) is 11.5. The van der Waals surface area contributed by atoms with Crippen molar-refractivity contribution in [3.05, 3.63) is 11.7 Å². The molecule has 0 bridgehead atoms. The summed E-state index contributed by atoms with van der Waals surface area (Å²) in [5, 5.41) is 12.7. The summed E-state index contributed by atoms with van der Waals surface area (Å²) in [7, 11) is 0. The monoisotopic (exact) mass is 220 g/mol. The van der Waals surface area contributed by atoms with Gasteiger partial charge in [-0.25, -0.2) is 0 Å². The van der Waals surface area contributed by atoms with Crippen LogP contribution in [0, 0.1) is 11.3 Å². The average molecular weight is 220 g/mol. The minimum absolute atomic E-state index is 0.163. The van der Waals surface area contributed by atoms with Gasteiger partial charge in [0.05, 0.1) is 18.7 Å². The van der Waals surface area contributed by atoms with Crippen LogP contribution in [-0.2, 0) is 0 Å². The lowest BCUT2D eigenvalue weighted by atomic mass is 10.2. The molecule has 0 amide bonds. The van der Waals surface area contributed by atoms with E-state index >= 15 is 0 Å². The van der Waals surface area contributed by atoms with E-state index in [4.69, 9.17) is 9.78 Å². The highest BCUT2D eigenvalue weighted by molar-refractivity contribution is 5.01. The van der Waals surface area contributed by atoms with Gasteiger partial charge in [0.2, 0.25) is 5.89 Å². The van der Waals surface area contributed by atoms with Crippen molar-refractivity contribution in [1.82, 2.24) is 15.0 Å². The van der Waals surface area contributed by atoms with Gasteiger partial charge in [-0.1, -0.05) is 19.0 Å². The molecular formula is C11H16N4O. The molecule has 16 heavy (non-hydrogen) atoms. The van der Waals surface area contributed by atoms with Crippen LogP contribution in [0.1, 0.15) is 50.4 Å². The zero-order valence-corrected chi connectivity index (χ0v) is 9.68. The first-order valence-corrected chi connectivity index (χ1v) is 5.67. The first-order chi connectivity index (χ1) is 7.72. The Morgan fingerprint density at radius 3 is 3.06 bits per heavy atom. The van der Waals surface area contributed by atoms with E-state index in [0.29, 0.717) is 12.4 Å². The van der Waals surface area contributed by atoms with Crippen LogP contribution < -0.4 is 0 Å². The Hall–Kier alpha value is -1.41. The standard InChI is InChI=1S/C11H16N4O/c1-8(2)11-13-10(14-16-11)9-4-3-6-15(9)7-5-12/h8-9H,3-4,6-7H2,1-2H3/t9-/m1/s1. The summed E-state index contributed by atoms with van der Waals surface area (Å²) in [6.07, 6.45) is 2.11. The molecule has 2 heterocycles. The fourth-order valence-electron chi connectivity index (χ4n) is 2.02. The topological polar surface area (TPSA) is 66.0 Å². The van der Waals surface area contributed by atoms with Crippen molar-refractivity contribution in [2.24, 2.45) is 0 Å². The number of likely N-dealkylation sites (tertiary alicyclic amines) is 1. The third kappa shape index (κ3) is 2.07. The number of aromatic nitrogens is 2. The predicted octanol–water partition coefficient (Wildman–Crippen LogP) is 1.85. The van der Waals surface area contributed by atoms with E-state index in [1.807, 2.05) is 13.8 Å². The molecule has 0 radical (unpaired) electrons. The first kappa shape index (κ1) is 11.1. The number of hydrogen-bond acceptors (Lipinski definition) is 5. The van der Waals surface area contributed by atoms with E-state index in [9.17, 15) is 0 Å². The van der Waals surface area contributed by atoms with E-state index in [-0.39, 0.29) is 12.0 Å². The largest absolute Gasteiger partial charge is 0.339 e. The number of hydrogen-bond donors (Lipinski definition) is 0. The van der Waals surface area contributed by atoms with Crippen molar-refractivity contribution >= 4 is 0 Å². The molecule has 0 saturated carbocycles. The molecular weight excluding hydrogens is 204 g/mol. The van der Waals surface area contributed by atoms with Gasteiger partial charge in [-0.15, -0.1) is 0 Å². The highest BCUT2D eigenvalue weighted by atomic mass is 16.5. The van der Waals surface area contributed by atoms with Crippen LogP contribution in [0.3, 0.4) is 0 Å². The first-order valence-electron chi connectivity index (χ1n) is 5.67. The maximum Gasteiger partial charge on any atom is 0.229 e. The molecule has 5 heteroatoms. The maximum absolute atomic E-state index is 8.73. The predicted molar refractivity (Wildman–Crippen MR) is 57.5 cm³/mol. The Morgan fingerprint density at radius 2 is 2.44 bits per heavy atom. The molecule has 1 fully saturated rings. The Balaban J connectivity index is 2.13. The van der Waals surface area contributed by atoms with Gasteiger partial charge in [0, 0.05) is 5.92 Å². The molecule has 5 nitrogen and oxygen atoms in total. The van der Waals surface area contributed by atoms with E-state index in [2.05, 4.69) is 21.1 Å². The van der Waals surface area contributed by atoms with Crippen molar-refractivity contribution in [2.45, 2.75) is 38.6 Å². The van der Waals surface area contributed by atoms with E-state index in [1.165, 1.54) is 0 Å². The summed E-state index contributed by atoms with van der Waals surface area (Å²) in [5.74, 6) is 1.67. The average Bonchev–Trinajstić information content (AvgIpc) is 2.84. The SMILES string of the molecule is CC(C)c1nc([C@H]2CCCN2CC#N)no1. The molecule has 0 aromatic carbocycles. The van der Waals surface area contributed by atoms with Gasteiger partial charge in [0.25, 0.3) is 0 Å². The van der Waals surface area contributed by atoms with Crippen LogP contribution in [0.5, 0.6) is 0 Å². The van der Waals surface area contributed by atoms with E-state index in [0.717, 1.165) is 25.2 Å². The van der Waals surface area contributed by atoms with Crippen molar-refractivity contribution < 1.29 is 4.52 Å². The Bertz CT molecular complexity index is 393. The van der Waals surface area contributed by atoms with E-state index < -0.39 is 0 Å². The smallest absolute Gasteiger partial charge is 0.229 e. The Kier molecular flexibility index (Phi) is 3.20. The van der Waals surface area contributed by atoms with Crippen molar-refractivity contribution in [1.29, 1.82) is 5.26 Å². The lowest BCUT2D eigenvalue weighted by molar-refractivity contribution is 0.269. The van der Waals surface area contributed by atoms with Crippen molar-refractivity contribution in [3.63, 3.8) is 0 Å². The van der Waals surface area contributed by atoms with Gasteiger partial charge in [0.1, 0.15) is 0 Å². The maximum atomic E-state index is 8.73. The molecule has 1 aliphatic heterocycles. The summed E-state index contributed by atoms with van der Waals surface area (Å²) in [5.41, 5.74) is 0. The minimum Gasteiger partial charge on any atom is -0.339 e. The van der Waals surface area contributed by atoms with Crippen LogP contribution in [0.25, 0.3) is 0 Å². The Labute approximate surface area is 95.0 Å². The third-order valence-corrected chi connectivity index (χ3v) is 2.89. The van der Waals surface area contributed by atoms with Crippen LogP contribution in [0.15, 0.2) is 4.52 Å². The lowest BCUT2D eigenvalue weighted by Crippen LogP contribution is -2.24. The molecule has 1 aromatic rings. The quantitative estimate of drug-likeness (QED) is 0.727. The third-order valence-electron chi connectivity index (χ3n) is 2.89. The van der Waals surface area contributed by atoms with E-state index in [1.54, 1.807) is 0 Å². The van der Waals surface area contributed by atoms with Gasteiger partial charge in [-0.3, -0.25) is 4.90 Å². The second-order valence-electron chi connectivity index (χ2n) is 4.43. The molecule has 1 saturated heterocycles. The van der Waals surface area contributed by atoms with Gasteiger partial charge in [0.15, 0.2) is 5.82 Å². The molecule has 86 valence electrons. The lowest BCUT2D eigenvalue weighted by Gasteiger charge is -2.17. The van der Waals surface area contributed by atoms with Gasteiger partial charge in [-0.05, 0) is 19.4 Å². The summed E-state index contributed by atoms with van der Waals surface area (Å²) in [6.45, 7) is 5.44. The van der Waals surface area contributed by atoms with Gasteiger partial charge >= 0.3 is 0 Å². The fraction of sp³-hybridized carbons (Fsp3) is 0.727. The molecule has 0 unspecified atom stereocenters. The highest BCUT2D eigenvalue weighted by Crippen LogP contribution is 2.30.